The van der Waals surface area contributed by atoms with E-state index in [2.05, 4.69) is 38.2 Å². The lowest BCUT2D eigenvalue weighted by molar-refractivity contribution is -0.870. The van der Waals surface area contributed by atoms with Crippen LogP contribution in [0.2, 0.25) is 0 Å². The van der Waals surface area contributed by atoms with Crippen molar-refractivity contribution in [3.05, 3.63) is 24.3 Å². The van der Waals surface area contributed by atoms with Crippen molar-refractivity contribution in [3.63, 3.8) is 0 Å². The SMILES string of the molecule is CCCCC/C=C\C/C=C\CCCCCCCC(=O)OC(COCCCCCCCCC)COP(=O)([O-])OCC[N+](C)(C)C. The first kappa shape index (κ1) is 43.0. The second-order valence-electron chi connectivity index (χ2n) is 12.9. The van der Waals surface area contributed by atoms with Crippen LogP contribution in [0.3, 0.4) is 0 Å². The fourth-order valence-electron chi connectivity index (χ4n) is 4.46. The molecule has 0 fully saturated rings. The number of rotatable bonds is 32. The molecular formula is C35H68NO7P. The van der Waals surface area contributed by atoms with E-state index in [-0.39, 0.29) is 25.8 Å². The Balaban J connectivity index is 4.31. The van der Waals surface area contributed by atoms with Crippen LogP contribution in [0, 0.1) is 0 Å². The molecule has 0 aliphatic carbocycles. The molecule has 0 aromatic rings. The fourth-order valence-corrected chi connectivity index (χ4v) is 5.18. The van der Waals surface area contributed by atoms with E-state index < -0.39 is 13.9 Å². The molecule has 2 atom stereocenters. The molecular weight excluding hydrogens is 577 g/mol. The molecule has 2 unspecified atom stereocenters. The molecule has 0 N–H and O–H groups in total. The number of likely N-dealkylation sites (N-methyl/N-ethyl adjacent to an activating group) is 1. The highest BCUT2D eigenvalue weighted by molar-refractivity contribution is 7.45. The third-order valence-electron chi connectivity index (χ3n) is 7.26. The van der Waals surface area contributed by atoms with Crippen molar-refractivity contribution < 1.29 is 37.3 Å². The Morgan fingerprint density at radius 2 is 1.25 bits per heavy atom. The molecule has 0 aliphatic rings. The molecule has 0 aromatic heterocycles. The number of quaternary nitrogens is 1. The van der Waals surface area contributed by atoms with Crippen LogP contribution in [0.4, 0.5) is 0 Å². The molecule has 0 saturated heterocycles. The summed E-state index contributed by atoms with van der Waals surface area (Å²) in [6.45, 7) is 5.31. The van der Waals surface area contributed by atoms with Crippen molar-refractivity contribution in [2.75, 3.05) is 54.1 Å². The van der Waals surface area contributed by atoms with Gasteiger partial charge in [0.05, 0.1) is 34.4 Å². The number of phosphoric ester groups is 1. The van der Waals surface area contributed by atoms with Crippen LogP contribution in [0.15, 0.2) is 24.3 Å². The minimum atomic E-state index is -4.51. The van der Waals surface area contributed by atoms with E-state index in [0.29, 0.717) is 24.1 Å². The van der Waals surface area contributed by atoms with Crippen LogP contribution in [-0.2, 0) is 27.9 Å². The number of nitrogens with zero attached hydrogens (tertiary/aromatic N) is 1. The van der Waals surface area contributed by atoms with E-state index in [0.717, 1.165) is 57.8 Å². The summed E-state index contributed by atoms with van der Waals surface area (Å²) in [5, 5.41) is 0. The Morgan fingerprint density at radius 1 is 0.705 bits per heavy atom. The van der Waals surface area contributed by atoms with Gasteiger partial charge in [-0.25, -0.2) is 0 Å². The zero-order chi connectivity index (χ0) is 32.8. The van der Waals surface area contributed by atoms with E-state index >= 15 is 0 Å². The Kier molecular flexibility index (Phi) is 28.7. The van der Waals surface area contributed by atoms with Crippen LogP contribution < -0.4 is 4.89 Å². The Morgan fingerprint density at radius 3 is 1.89 bits per heavy atom. The molecule has 0 rings (SSSR count). The van der Waals surface area contributed by atoms with Crippen LogP contribution >= 0.6 is 7.82 Å². The van der Waals surface area contributed by atoms with Gasteiger partial charge in [0.25, 0.3) is 7.82 Å². The topological polar surface area (TPSA) is 94.1 Å². The number of hydrogen-bond acceptors (Lipinski definition) is 7. The highest BCUT2D eigenvalue weighted by Crippen LogP contribution is 2.38. The monoisotopic (exact) mass is 645 g/mol. The average molecular weight is 646 g/mol. The molecule has 0 saturated carbocycles. The maximum absolute atomic E-state index is 12.5. The molecule has 0 radical (unpaired) electrons. The minimum Gasteiger partial charge on any atom is -0.756 e. The van der Waals surface area contributed by atoms with E-state index in [1.165, 1.54) is 57.8 Å². The number of carbonyl (C=O) groups is 1. The largest absolute Gasteiger partial charge is 0.756 e. The van der Waals surface area contributed by atoms with Crippen molar-refractivity contribution in [3.8, 4) is 0 Å². The average Bonchev–Trinajstić information content (AvgIpc) is 2.96. The Bertz CT molecular complexity index is 767. The first-order valence-corrected chi connectivity index (χ1v) is 19.0. The van der Waals surface area contributed by atoms with E-state index in [1.54, 1.807) is 0 Å². The third kappa shape index (κ3) is 32.4. The third-order valence-corrected chi connectivity index (χ3v) is 8.22. The summed E-state index contributed by atoms with van der Waals surface area (Å²) in [5.41, 5.74) is 0. The van der Waals surface area contributed by atoms with E-state index in [1.807, 2.05) is 21.1 Å². The first-order valence-electron chi connectivity index (χ1n) is 17.6. The number of carbonyl (C=O) groups excluding carboxylic acids is 1. The lowest BCUT2D eigenvalue weighted by Gasteiger charge is -2.28. The number of hydrogen-bond donors (Lipinski definition) is 0. The number of esters is 1. The minimum absolute atomic E-state index is 0.0241. The number of ether oxygens (including phenoxy) is 2. The normalized spacial score (nSPS) is 14.4. The van der Waals surface area contributed by atoms with Crippen LogP contribution in [0.25, 0.3) is 0 Å². The summed E-state index contributed by atoms with van der Waals surface area (Å²) in [6, 6.07) is 0. The van der Waals surface area contributed by atoms with Gasteiger partial charge in [0.15, 0.2) is 0 Å². The van der Waals surface area contributed by atoms with Crippen molar-refractivity contribution in [1.29, 1.82) is 0 Å². The van der Waals surface area contributed by atoms with Gasteiger partial charge in [-0.3, -0.25) is 9.36 Å². The van der Waals surface area contributed by atoms with Gasteiger partial charge >= 0.3 is 5.97 Å². The molecule has 0 spiro atoms. The molecule has 8 nitrogen and oxygen atoms in total. The van der Waals surface area contributed by atoms with Gasteiger partial charge in [-0.1, -0.05) is 109 Å². The first-order chi connectivity index (χ1) is 21.1. The summed E-state index contributed by atoms with van der Waals surface area (Å²) >= 11 is 0. The van der Waals surface area contributed by atoms with Crippen molar-refractivity contribution in [2.24, 2.45) is 0 Å². The lowest BCUT2D eigenvalue weighted by Crippen LogP contribution is -2.37. The predicted molar refractivity (Wildman–Crippen MR) is 180 cm³/mol. The van der Waals surface area contributed by atoms with Gasteiger partial charge in [-0.05, 0) is 44.9 Å². The Hall–Kier alpha value is -1.02. The van der Waals surface area contributed by atoms with Gasteiger partial charge in [0.1, 0.15) is 19.3 Å². The maximum Gasteiger partial charge on any atom is 0.306 e. The number of phosphoric acid groups is 1. The van der Waals surface area contributed by atoms with Gasteiger partial charge in [-0.2, -0.15) is 0 Å². The van der Waals surface area contributed by atoms with Crippen LogP contribution in [-0.4, -0.2) is 70.7 Å². The standard InChI is InChI=1S/C35H68NO7P/c1-6-8-10-12-14-15-16-17-18-19-20-21-22-24-26-28-35(37)43-34(32-40-30-27-25-23-13-11-9-7-2)33-42-44(38,39)41-31-29-36(3,4)5/h14-15,17-18,34H,6-13,16,19-33H2,1-5H3/b15-14-,18-17-. The number of allylic oxidation sites excluding steroid dienone is 4. The van der Waals surface area contributed by atoms with Crippen LogP contribution in [0.5, 0.6) is 0 Å². The van der Waals surface area contributed by atoms with Crippen molar-refractivity contribution in [2.45, 2.75) is 142 Å². The molecule has 9 heteroatoms. The molecule has 0 heterocycles. The highest BCUT2D eigenvalue weighted by Gasteiger charge is 2.20. The second kappa shape index (κ2) is 29.4. The molecule has 0 amide bonds. The highest BCUT2D eigenvalue weighted by atomic mass is 31.2. The molecule has 0 bridgehead atoms. The molecule has 44 heavy (non-hydrogen) atoms. The smallest absolute Gasteiger partial charge is 0.306 e. The summed E-state index contributed by atoms with van der Waals surface area (Å²) in [5.74, 6) is -0.351. The molecule has 260 valence electrons. The zero-order valence-corrected chi connectivity index (χ0v) is 30.0. The van der Waals surface area contributed by atoms with Gasteiger partial charge in [0, 0.05) is 13.0 Å². The quantitative estimate of drug-likeness (QED) is 0.0238. The summed E-state index contributed by atoms with van der Waals surface area (Å²) in [7, 11) is 1.34. The maximum atomic E-state index is 12.5. The van der Waals surface area contributed by atoms with E-state index in [4.69, 9.17) is 18.5 Å². The van der Waals surface area contributed by atoms with Crippen molar-refractivity contribution >= 4 is 13.8 Å². The Labute approximate surface area is 271 Å². The summed E-state index contributed by atoms with van der Waals surface area (Å²) < 4.78 is 34.2. The molecule has 0 aromatic carbocycles. The van der Waals surface area contributed by atoms with E-state index in [9.17, 15) is 14.3 Å². The van der Waals surface area contributed by atoms with Gasteiger partial charge in [0.2, 0.25) is 0 Å². The summed E-state index contributed by atoms with van der Waals surface area (Å²) in [4.78, 5) is 24.8. The van der Waals surface area contributed by atoms with Crippen LogP contribution in [0.1, 0.15) is 136 Å². The lowest BCUT2D eigenvalue weighted by atomic mass is 10.1. The predicted octanol–water partition coefficient (Wildman–Crippen LogP) is 8.69. The van der Waals surface area contributed by atoms with Gasteiger partial charge < -0.3 is 27.9 Å². The second-order valence-corrected chi connectivity index (χ2v) is 14.3. The summed E-state index contributed by atoms with van der Waals surface area (Å²) in [6.07, 6.45) is 29.0. The van der Waals surface area contributed by atoms with Crippen molar-refractivity contribution in [1.82, 2.24) is 0 Å². The fraction of sp³-hybridized carbons (Fsp3) is 0.857. The zero-order valence-electron chi connectivity index (χ0n) is 29.1. The molecule has 0 aliphatic heterocycles. The number of unbranched alkanes of at least 4 members (excludes halogenated alkanes) is 14. The van der Waals surface area contributed by atoms with Gasteiger partial charge in [-0.15, -0.1) is 0 Å².